The van der Waals surface area contributed by atoms with Crippen molar-refractivity contribution >= 4 is 11.7 Å². The number of carbonyl (C=O) groups is 1. The van der Waals surface area contributed by atoms with Crippen molar-refractivity contribution in [2.75, 3.05) is 7.11 Å². The number of hydrogen-bond donors (Lipinski definition) is 0. The molecule has 0 spiro atoms. The molecule has 1 aromatic rings. The molecular formula is C19H22N2O2. The van der Waals surface area contributed by atoms with Crippen LogP contribution in [0.15, 0.2) is 40.5 Å². The van der Waals surface area contributed by atoms with Crippen LogP contribution in [0.25, 0.3) is 0 Å². The minimum Gasteiger partial charge on any atom is -0.466 e. The molecule has 1 heterocycles. The van der Waals surface area contributed by atoms with Crippen LogP contribution < -0.4 is 0 Å². The van der Waals surface area contributed by atoms with Gasteiger partial charge in [-0.05, 0) is 25.8 Å². The average Bonchev–Trinajstić information content (AvgIpc) is 2.54. The molecule has 0 fully saturated rings. The molecule has 2 unspecified atom stereocenters. The lowest BCUT2D eigenvalue weighted by atomic mass is 9.75. The standard InChI is InChI=1S/C19H22N2O2/c1-5-6-16-15(11-20)18(14-9-7-12(2)8-10-14)17(13(3)21-16)19(22)23-4/h7-10,15,18H,5-6H2,1-4H3. The topological polar surface area (TPSA) is 62.4 Å². The second-order valence-corrected chi connectivity index (χ2v) is 5.84. The van der Waals surface area contributed by atoms with Gasteiger partial charge in [-0.3, -0.25) is 4.99 Å². The Kier molecular flexibility index (Phi) is 5.33. The maximum absolute atomic E-state index is 12.3. The van der Waals surface area contributed by atoms with E-state index in [1.807, 2.05) is 38.1 Å². The number of allylic oxidation sites excluding steroid dienone is 1. The van der Waals surface area contributed by atoms with E-state index in [1.54, 1.807) is 0 Å². The summed E-state index contributed by atoms with van der Waals surface area (Å²) in [5, 5.41) is 9.73. The van der Waals surface area contributed by atoms with Crippen LogP contribution in [0.2, 0.25) is 0 Å². The molecule has 23 heavy (non-hydrogen) atoms. The van der Waals surface area contributed by atoms with E-state index in [0.717, 1.165) is 29.7 Å². The molecule has 4 heteroatoms. The van der Waals surface area contributed by atoms with Gasteiger partial charge in [-0.2, -0.15) is 5.26 Å². The fraction of sp³-hybridized carbons (Fsp3) is 0.421. The molecule has 0 saturated heterocycles. The van der Waals surface area contributed by atoms with Crippen LogP contribution in [0.5, 0.6) is 0 Å². The number of hydrogen-bond acceptors (Lipinski definition) is 4. The number of carbonyl (C=O) groups excluding carboxylic acids is 1. The molecule has 1 aliphatic heterocycles. The van der Waals surface area contributed by atoms with E-state index >= 15 is 0 Å². The highest BCUT2D eigenvalue weighted by molar-refractivity contribution is 5.99. The SMILES string of the molecule is CCCC1=NC(C)=C(C(=O)OC)C(c2ccc(C)cc2)C1C#N. The molecule has 2 atom stereocenters. The van der Waals surface area contributed by atoms with Gasteiger partial charge in [0.2, 0.25) is 0 Å². The third-order valence-corrected chi connectivity index (χ3v) is 4.19. The number of esters is 1. The van der Waals surface area contributed by atoms with Crippen LogP contribution in [0.1, 0.15) is 43.7 Å². The maximum Gasteiger partial charge on any atom is 0.336 e. The van der Waals surface area contributed by atoms with Crippen LogP contribution in [0.3, 0.4) is 0 Å². The van der Waals surface area contributed by atoms with E-state index in [4.69, 9.17) is 4.74 Å². The van der Waals surface area contributed by atoms with Gasteiger partial charge in [0.15, 0.2) is 0 Å². The molecule has 0 N–H and O–H groups in total. The van der Waals surface area contributed by atoms with Gasteiger partial charge in [0.05, 0.1) is 24.7 Å². The Balaban J connectivity index is 2.61. The molecule has 0 aromatic heterocycles. The Morgan fingerprint density at radius 3 is 2.48 bits per heavy atom. The first-order valence-corrected chi connectivity index (χ1v) is 7.86. The van der Waals surface area contributed by atoms with E-state index in [9.17, 15) is 10.1 Å². The maximum atomic E-state index is 12.3. The Hall–Kier alpha value is -2.41. The lowest BCUT2D eigenvalue weighted by Crippen LogP contribution is -2.30. The summed E-state index contributed by atoms with van der Waals surface area (Å²) < 4.78 is 4.95. The van der Waals surface area contributed by atoms with Gasteiger partial charge in [0, 0.05) is 17.3 Å². The minimum absolute atomic E-state index is 0.327. The zero-order chi connectivity index (χ0) is 17.0. The van der Waals surface area contributed by atoms with Crippen molar-refractivity contribution in [1.29, 1.82) is 5.26 Å². The van der Waals surface area contributed by atoms with E-state index in [-0.39, 0.29) is 5.92 Å². The fourth-order valence-corrected chi connectivity index (χ4v) is 3.06. The highest BCUT2D eigenvalue weighted by atomic mass is 16.5. The highest BCUT2D eigenvalue weighted by Gasteiger charge is 2.38. The molecule has 0 aliphatic carbocycles. The van der Waals surface area contributed by atoms with Crippen molar-refractivity contribution in [2.24, 2.45) is 10.9 Å². The van der Waals surface area contributed by atoms with Crippen molar-refractivity contribution in [1.82, 2.24) is 0 Å². The average molecular weight is 310 g/mol. The number of rotatable bonds is 4. The van der Waals surface area contributed by atoms with Crippen LogP contribution >= 0.6 is 0 Å². The molecule has 2 rings (SSSR count). The number of ether oxygens (including phenoxy) is 1. The van der Waals surface area contributed by atoms with Gasteiger partial charge in [-0.15, -0.1) is 0 Å². The molecule has 1 aromatic carbocycles. The van der Waals surface area contributed by atoms with Gasteiger partial charge in [-0.25, -0.2) is 4.79 Å². The molecule has 0 amide bonds. The van der Waals surface area contributed by atoms with E-state index in [1.165, 1.54) is 7.11 Å². The monoisotopic (exact) mass is 310 g/mol. The molecule has 0 saturated carbocycles. The lowest BCUT2D eigenvalue weighted by molar-refractivity contribution is -0.136. The summed E-state index contributed by atoms with van der Waals surface area (Å²) in [6.07, 6.45) is 1.67. The second-order valence-electron chi connectivity index (χ2n) is 5.84. The van der Waals surface area contributed by atoms with Gasteiger partial charge in [0.1, 0.15) is 0 Å². The Bertz CT molecular complexity index is 693. The van der Waals surface area contributed by atoms with E-state index < -0.39 is 11.9 Å². The van der Waals surface area contributed by atoms with Crippen LogP contribution in [-0.2, 0) is 9.53 Å². The van der Waals surface area contributed by atoms with Crippen LogP contribution in [0.4, 0.5) is 0 Å². The number of aryl methyl sites for hydroxylation is 1. The molecule has 0 bridgehead atoms. The summed E-state index contributed by atoms with van der Waals surface area (Å²) in [6.45, 7) is 5.89. The predicted molar refractivity (Wildman–Crippen MR) is 90.1 cm³/mol. The summed E-state index contributed by atoms with van der Waals surface area (Å²) in [5.41, 5.74) is 4.08. The molecular weight excluding hydrogens is 288 g/mol. The summed E-state index contributed by atoms with van der Waals surface area (Å²) >= 11 is 0. The first kappa shape index (κ1) is 17.0. The smallest absolute Gasteiger partial charge is 0.336 e. The quantitative estimate of drug-likeness (QED) is 0.792. The van der Waals surface area contributed by atoms with Crippen molar-refractivity contribution in [3.05, 3.63) is 46.7 Å². The number of aliphatic imine (C=N–C) groups is 1. The third-order valence-electron chi connectivity index (χ3n) is 4.19. The number of nitrogens with zero attached hydrogens (tertiary/aromatic N) is 2. The van der Waals surface area contributed by atoms with Gasteiger partial charge < -0.3 is 4.74 Å². The van der Waals surface area contributed by atoms with Gasteiger partial charge in [0.25, 0.3) is 0 Å². The van der Waals surface area contributed by atoms with Gasteiger partial charge >= 0.3 is 5.97 Å². The molecule has 0 radical (unpaired) electrons. The third kappa shape index (κ3) is 3.34. The van der Waals surface area contributed by atoms with Crippen molar-refractivity contribution in [3.8, 4) is 6.07 Å². The number of nitriles is 1. The number of methoxy groups -OCH3 is 1. The Labute approximate surface area is 137 Å². The predicted octanol–water partition coefficient (Wildman–Crippen LogP) is 3.92. The van der Waals surface area contributed by atoms with Crippen molar-refractivity contribution in [3.63, 3.8) is 0 Å². The van der Waals surface area contributed by atoms with Crippen molar-refractivity contribution in [2.45, 2.75) is 39.5 Å². The molecule has 120 valence electrons. The normalized spacial score (nSPS) is 20.7. The van der Waals surface area contributed by atoms with Gasteiger partial charge in [-0.1, -0.05) is 43.2 Å². The Morgan fingerprint density at radius 1 is 1.30 bits per heavy atom. The Morgan fingerprint density at radius 2 is 1.96 bits per heavy atom. The fourth-order valence-electron chi connectivity index (χ4n) is 3.06. The first-order valence-electron chi connectivity index (χ1n) is 7.86. The number of benzene rings is 1. The van der Waals surface area contributed by atoms with Crippen molar-refractivity contribution < 1.29 is 9.53 Å². The second kappa shape index (κ2) is 7.23. The highest BCUT2D eigenvalue weighted by Crippen LogP contribution is 2.40. The summed E-state index contributed by atoms with van der Waals surface area (Å²) in [4.78, 5) is 16.8. The largest absolute Gasteiger partial charge is 0.466 e. The molecule has 4 nitrogen and oxygen atoms in total. The summed E-state index contributed by atoms with van der Waals surface area (Å²) in [7, 11) is 1.36. The summed E-state index contributed by atoms with van der Waals surface area (Å²) in [5.74, 6) is -1.17. The zero-order valence-electron chi connectivity index (χ0n) is 14.1. The summed E-state index contributed by atoms with van der Waals surface area (Å²) in [6, 6.07) is 10.3. The van der Waals surface area contributed by atoms with E-state index in [0.29, 0.717) is 11.3 Å². The lowest BCUT2D eigenvalue weighted by Gasteiger charge is -2.30. The zero-order valence-corrected chi connectivity index (χ0v) is 14.1. The first-order chi connectivity index (χ1) is 11.0. The van der Waals surface area contributed by atoms with E-state index in [2.05, 4.69) is 18.0 Å². The molecule has 1 aliphatic rings. The van der Waals surface area contributed by atoms with Crippen LogP contribution in [-0.4, -0.2) is 18.8 Å². The minimum atomic E-state index is -0.435. The van der Waals surface area contributed by atoms with Crippen LogP contribution in [0, 0.1) is 24.2 Å².